The molecule has 9 heteroatoms. The van der Waals surface area contributed by atoms with Gasteiger partial charge in [0.15, 0.2) is 0 Å². The number of amides is 3. The van der Waals surface area contributed by atoms with Crippen LogP contribution in [0.1, 0.15) is 37.4 Å². The van der Waals surface area contributed by atoms with Crippen molar-refractivity contribution in [3.05, 3.63) is 71.3 Å². The molecule has 1 atom stereocenters. The van der Waals surface area contributed by atoms with Crippen LogP contribution in [0.4, 0.5) is 13.6 Å². The number of hydrogen-bond acceptors (Lipinski definition) is 4. The second kappa shape index (κ2) is 11.0. The number of hydrogen-bond donors (Lipinski definition) is 1. The molecule has 0 saturated carbocycles. The van der Waals surface area contributed by atoms with E-state index in [0.29, 0.717) is 16.8 Å². The Morgan fingerprint density at radius 3 is 2.52 bits per heavy atom. The zero-order valence-corrected chi connectivity index (χ0v) is 18.9. The minimum Gasteiger partial charge on any atom is -0.383 e. The highest BCUT2D eigenvalue weighted by Gasteiger charge is 2.35. The van der Waals surface area contributed by atoms with Crippen LogP contribution in [0.5, 0.6) is 0 Å². The largest absolute Gasteiger partial charge is 0.383 e. The van der Waals surface area contributed by atoms with Crippen molar-refractivity contribution in [1.29, 1.82) is 0 Å². The van der Waals surface area contributed by atoms with Gasteiger partial charge in [0.2, 0.25) is 0 Å². The summed E-state index contributed by atoms with van der Waals surface area (Å²) in [5.41, 5.74) is 1.50. The van der Waals surface area contributed by atoms with Crippen molar-refractivity contribution in [2.45, 2.75) is 32.4 Å². The zero-order chi connectivity index (χ0) is 24.0. The van der Waals surface area contributed by atoms with Crippen LogP contribution in [0.3, 0.4) is 0 Å². The van der Waals surface area contributed by atoms with Crippen molar-refractivity contribution < 1.29 is 23.1 Å². The highest BCUT2D eigenvalue weighted by Crippen LogP contribution is 2.34. The Hall–Kier alpha value is -3.33. The van der Waals surface area contributed by atoms with E-state index in [4.69, 9.17) is 4.74 Å². The normalized spacial score (nSPS) is 15.5. The molecule has 0 aliphatic carbocycles. The molecule has 0 aromatic heterocycles. The van der Waals surface area contributed by atoms with Crippen LogP contribution in [0.25, 0.3) is 0 Å². The van der Waals surface area contributed by atoms with Gasteiger partial charge < -0.3 is 15.0 Å². The Morgan fingerprint density at radius 1 is 1.18 bits per heavy atom. The van der Waals surface area contributed by atoms with Gasteiger partial charge in [-0.1, -0.05) is 30.3 Å². The molecule has 1 N–H and O–H groups in total. The lowest BCUT2D eigenvalue weighted by Gasteiger charge is -2.27. The summed E-state index contributed by atoms with van der Waals surface area (Å²) >= 11 is 0. The fourth-order valence-corrected chi connectivity index (χ4v) is 3.57. The lowest BCUT2D eigenvalue weighted by atomic mass is 9.98. The Kier molecular flexibility index (Phi) is 8.11. The van der Waals surface area contributed by atoms with Crippen molar-refractivity contribution >= 4 is 17.6 Å². The molecule has 0 spiro atoms. The lowest BCUT2D eigenvalue weighted by Crippen LogP contribution is -2.48. The standard InChI is InChI=1S/C24H28F2N4O3/c1-16(2)27-24(32)29(12-13-33-3)15-23(31)30-22(19-6-4-5-7-20(19)26)14-21(28-30)17-8-10-18(25)11-9-17/h4-11,16,22H,12-15H2,1-3H3,(H,27,32)/t22-/m0/s1. The SMILES string of the molecule is COCCN(CC(=O)N1N=C(c2ccc(F)cc2)C[C@H]1c1ccccc1F)C(=O)NC(C)C. The zero-order valence-electron chi connectivity index (χ0n) is 18.9. The summed E-state index contributed by atoms with van der Waals surface area (Å²) in [4.78, 5) is 27.2. The van der Waals surface area contributed by atoms with Gasteiger partial charge in [-0.15, -0.1) is 0 Å². The number of methoxy groups -OCH3 is 1. The van der Waals surface area contributed by atoms with Crippen LogP contribution in [0, 0.1) is 11.6 Å². The highest BCUT2D eigenvalue weighted by molar-refractivity contribution is 6.03. The van der Waals surface area contributed by atoms with Crippen LogP contribution in [0.15, 0.2) is 53.6 Å². The van der Waals surface area contributed by atoms with Crippen molar-refractivity contribution in [1.82, 2.24) is 15.2 Å². The Balaban J connectivity index is 1.89. The molecule has 3 rings (SSSR count). The Bertz CT molecular complexity index is 1010. The molecule has 33 heavy (non-hydrogen) atoms. The van der Waals surface area contributed by atoms with E-state index in [1.54, 1.807) is 30.3 Å². The molecule has 0 saturated heterocycles. The number of carbonyl (C=O) groups is 2. The molecule has 0 radical (unpaired) electrons. The number of halogens is 2. The van der Waals surface area contributed by atoms with E-state index in [0.717, 1.165) is 0 Å². The van der Waals surface area contributed by atoms with Crippen molar-refractivity contribution in [2.24, 2.45) is 5.10 Å². The molecule has 3 amide bonds. The fourth-order valence-electron chi connectivity index (χ4n) is 3.57. The molecule has 176 valence electrons. The second-order valence-corrected chi connectivity index (χ2v) is 8.05. The summed E-state index contributed by atoms with van der Waals surface area (Å²) < 4.78 is 33.1. The second-order valence-electron chi connectivity index (χ2n) is 8.05. The Morgan fingerprint density at radius 2 is 1.88 bits per heavy atom. The summed E-state index contributed by atoms with van der Waals surface area (Å²) in [6.45, 7) is 3.84. The molecule has 2 aromatic rings. The molecular weight excluding hydrogens is 430 g/mol. The van der Waals surface area contributed by atoms with E-state index in [1.165, 1.54) is 35.2 Å². The number of carbonyl (C=O) groups excluding carboxylic acids is 2. The number of benzene rings is 2. The van der Waals surface area contributed by atoms with E-state index >= 15 is 0 Å². The van der Waals surface area contributed by atoms with Crippen molar-refractivity contribution in [3.63, 3.8) is 0 Å². The fraction of sp³-hybridized carbons (Fsp3) is 0.375. The van der Waals surface area contributed by atoms with Crippen LogP contribution in [-0.4, -0.2) is 60.4 Å². The highest BCUT2D eigenvalue weighted by atomic mass is 19.1. The molecule has 0 unspecified atom stereocenters. The average molecular weight is 459 g/mol. The van der Waals surface area contributed by atoms with Crippen LogP contribution >= 0.6 is 0 Å². The third-order valence-electron chi connectivity index (χ3n) is 5.20. The van der Waals surface area contributed by atoms with Crippen LogP contribution in [-0.2, 0) is 9.53 Å². The van der Waals surface area contributed by atoms with Crippen molar-refractivity contribution in [2.75, 3.05) is 26.8 Å². The first-order valence-electron chi connectivity index (χ1n) is 10.7. The van der Waals surface area contributed by atoms with E-state index < -0.39 is 23.8 Å². The smallest absolute Gasteiger partial charge is 0.318 e. The Labute approximate surface area is 192 Å². The number of nitrogens with one attached hydrogen (secondary N) is 1. The summed E-state index contributed by atoms with van der Waals surface area (Å²) in [5, 5.41) is 8.45. The molecule has 1 aliphatic rings. The van der Waals surface area contributed by atoms with Gasteiger partial charge in [0.25, 0.3) is 5.91 Å². The summed E-state index contributed by atoms with van der Waals surface area (Å²) in [6, 6.07) is 10.8. The van der Waals surface area contributed by atoms with Crippen molar-refractivity contribution in [3.8, 4) is 0 Å². The van der Waals surface area contributed by atoms with E-state index in [1.807, 2.05) is 13.8 Å². The van der Waals surface area contributed by atoms with Gasteiger partial charge in [-0.25, -0.2) is 18.6 Å². The van der Waals surface area contributed by atoms with Gasteiger partial charge in [-0.3, -0.25) is 4.79 Å². The number of nitrogens with zero attached hydrogens (tertiary/aromatic N) is 3. The van der Waals surface area contributed by atoms with Gasteiger partial charge in [-0.2, -0.15) is 5.10 Å². The first-order chi connectivity index (χ1) is 15.8. The third kappa shape index (κ3) is 6.13. The molecule has 0 fully saturated rings. The topological polar surface area (TPSA) is 74.2 Å². The molecule has 0 bridgehead atoms. The summed E-state index contributed by atoms with van der Waals surface area (Å²) in [6.07, 6.45) is 0.258. The minimum absolute atomic E-state index is 0.112. The lowest BCUT2D eigenvalue weighted by molar-refractivity contribution is -0.133. The molecular formula is C24H28F2N4O3. The summed E-state index contributed by atoms with van der Waals surface area (Å²) in [7, 11) is 1.51. The van der Waals surface area contributed by atoms with Crippen LogP contribution < -0.4 is 5.32 Å². The monoisotopic (exact) mass is 458 g/mol. The van der Waals surface area contributed by atoms with Gasteiger partial charge in [-0.05, 0) is 37.6 Å². The predicted molar refractivity (Wildman–Crippen MR) is 121 cm³/mol. The van der Waals surface area contributed by atoms with Gasteiger partial charge in [0.1, 0.15) is 18.2 Å². The van der Waals surface area contributed by atoms with E-state index in [2.05, 4.69) is 10.4 Å². The first-order valence-corrected chi connectivity index (χ1v) is 10.7. The molecule has 7 nitrogen and oxygen atoms in total. The number of hydrazone groups is 1. The average Bonchev–Trinajstić information content (AvgIpc) is 3.22. The maximum Gasteiger partial charge on any atom is 0.318 e. The maximum atomic E-state index is 14.6. The first kappa shape index (κ1) is 24.3. The molecule has 2 aromatic carbocycles. The summed E-state index contributed by atoms with van der Waals surface area (Å²) in [5.74, 6) is -1.30. The van der Waals surface area contributed by atoms with E-state index in [9.17, 15) is 18.4 Å². The number of urea groups is 1. The predicted octanol–water partition coefficient (Wildman–Crippen LogP) is 3.71. The third-order valence-corrected chi connectivity index (χ3v) is 5.20. The maximum absolute atomic E-state index is 14.6. The van der Waals surface area contributed by atoms with Gasteiger partial charge in [0.05, 0.1) is 18.4 Å². The number of rotatable bonds is 8. The van der Waals surface area contributed by atoms with Gasteiger partial charge >= 0.3 is 6.03 Å². The molecule has 1 aliphatic heterocycles. The quantitative estimate of drug-likeness (QED) is 0.656. The van der Waals surface area contributed by atoms with E-state index in [-0.39, 0.29) is 38.0 Å². The van der Waals surface area contributed by atoms with Crippen LogP contribution in [0.2, 0.25) is 0 Å². The van der Waals surface area contributed by atoms with Gasteiger partial charge in [0, 0.05) is 31.7 Å². The minimum atomic E-state index is -0.684. The molecule has 1 heterocycles. The number of ether oxygens (including phenoxy) is 1.